The van der Waals surface area contributed by atoms with E-state index in [0.717, 1.165) is 60.3 Å². The molecule has 8 rings (SSSR count). The molecule has 0 saturated carbocycles. The number of carbonyl (C=O) groups excluding carboxylic acids is 1. The third-order valence-electron chi connectivity index (χ3n) is 7.97. The maximum absolute atomic E-state index is 13.0. The minimum absolute atomic E-state index is 0.0689. The second-order valence-electron chi connectivity index (χ2n) is 10.5. The van der Waals surface area contributed by atoms with Gasteiger partial charge in [0.2, 0.25) is 0 Å². The zero-order valence-electron chi connectivity index (χ0n) is 22.1. The number of anilines is 1. The number of nitrogen functional groups attached to an aromatic ring is 1. The van der Waals surface area contributed by atoms with E-state index in [1.807, 2.05) is 57.9 Å². The Morgan fingerprint density at radius 3 is 2.83 bits per heavy atom. The van der Waals surface area contributed by atoms with Gasteiger partial charge in [-0.2, -0.15) is 10.2 Å². The Balaban J connectivity index is 1.19. The van der Waals surface area contributed by atoms with E-state index in [9.17, 15) is 4.79 Å². The van der Waals surface area contributed by atoms with Crippen molar-refractivity contribution < 1.29 is 4.79 Å². The predicted octanol–water partition coefficient (Wildman–Crippen LogP) is 3.81. The Bertz CT molecular complexity index is 1930. The molecule has 41 heavy (non-hydrogen) atoms. The minimum Gasteiger partial charge on any atom is -0.383 e. The van der Waals surface area contributed by atoms with E-state index in [2.05, 4.69) is 32.6 Å². The van der Waals surface area contributed by atoms with Gasteiger partial charge in [-0.05, 0) is 85.3 Å². The van der Waals surface area contributed by atoms with E-state index in [0.29, 0.717) is 28.8 Å². The Kier molecular flexibility index (Phi) is 5.24. The quantitative estimate of drug-likeness (QED) is 0.338. The fourth-order valence-corrected chi connectivity index (χ4v) is 6.01. The average Bonchev–Trinajstić information content (AvgIpc) is 3.80. The van der Waals surface area contributed by atoms with E-state index >= 15 is 0 Å². The number of rotatable bonds is 5. The van der Waals surface area contributed by atoms with Gasteiger partial charge in [0.1, 0.15) is 17.0 Å². The topological polar surface area (TPSA) is 134 Å². The second kappa shape index (κ2) is 9.12. The number of aromatic nitrogens is 8. The zero-order chi connectivity index (χ0) is 27.5. The van der Waals surface area contributed by atoms with Crippen LogP contribution in [-0.4, -0.2) is 45.0 Å². The number of imidazole rings is 1. The smallest absolute Gasteiger partial charge is 0.272 e. The molecule has 1 atom stereocenters. The molecule has 11 heteroatoms. The van der Waals surface area contributed by atoms with E-state index < -0.39 is 0 Å². The molecule has 3 N–H and O–H groups in total. The molecule has 11 nitrogen and oxygen atoms in total. The molecule has 6 aromatic rings. The summed E-state index contributed by atoms with van der Waals surface area (Å²) in [4.78, 5) is 27.2. The Labute approximate surface area is 234 Å². The van der Waals surface area contributed by atoms with E-state index in [4.69, 9.17) is 15.7 Å². The van der Waals surface area contributed by atoms with Crippen LogP contribution in [0.1, 0.15) is 46.2 Å². The summed E-state index contributed by atoms with van der Waals surface area (Å²) < 4.78 is 5.69. The monoisotopic (exact) mass is 542 g/mol. The van der Waals surface area contributed by atoms with Gasteiger partial charge in [-0.1, -0.05) is 6.07 Å². The molecule has 2 aliphatic rings. The van der Waals surface area contributed by atoms with Crippen LogP contribution in [0.2, 0.25) is 0 Å². The fourth-order valence-electron chi connectivity index (χ4n) is 6.01. The lowest BCUT2D eigenvalue weighted by Crippen LogP contribution is -2.27. The first kappa shape index (κ1) is 23.6. The van der Waals surface area contributed by atoms with Crippen molar-refractivity contribution >= 4 is 22.9 Å². The molecule has 0 saturated heterocycles. The number of benzene rings is 1. The van der Waals surface area contributed by atoms with Crippen LogP contribution in [0.4, 0.5) is 5.82 Å². The molecule has 0 bridgehead atoms. The number of nitrogens with one attached hydrogen (secondary N) is 1. The minimum atomic E-state index is -0.126. The van der Waals surface area contributed by atoms with Gasteiger partial charge >= 0.3 is 0 Å². The molecule has 1 aromatic carbocycles. The number of fused-ring (bicyclic) bond motifs is 3. The lowest BCUT2D eigenvalue weighted by molar-refractivity contribution is 0.0930. The van der Waals surface area contributed by atoms with Crippen LogP contribution in [0.15, 0.2) is 73.2 Å². The van der Waals surface area contributed by atoms with Crippen molar-refractivity contribution in [3.8, 4) is 22.9 Å². The Morgan fingerprint density at radius 2 is 1.98 bits per heavy atom. The van der Waals surface area contributed by atoms with Gasteiger partial charge in [-0.15, -0.1) is 0 Å². The predicted molar refractivity (Wildman–Crippen MR) is 153 cm³/mol. The normalized spacial score (nSPS) is 15.8. The van der Waals surface area contributed by atoms with Crippen LogP contribution in [0, 0.1) is 0 Å². The summed E-state index contributed by atoms with van der Waals surface area (Å²) in [5.41, 5.74) is 13.3. The van der Waals surface area contributed by atoms with Gasteiger partial charge in [-0.3, -0.25) is 14.0 Å². The Hall–Kier alpha value is -5.32. The van der Waals surface area contributed by atoms with E-state index in [1.54, 1.807) is 17.1 Å². The second-order valence-corrected chi connectivity index (χ2v) is 10.5. The van der Waals surface area contributed by atoms with Crippen LogP contribution in [0.3, 0.4) is 0 Å². The molecular weight excluding hydrogens is 516 g/mol. The highest BCUT2D eigenvalue weighted by molar-refractivity contribution is 5.92. The van der Waals surface area contributed by atoms with Crippen LogP contribution < -0.4 is 11.1 Å². The average molecular weight is 543 g/mol. The molecule has 0 spiro atoms. The molecule has 5 aromatic heterocycles. The fraction of sp³-hybridized carbons (Fsp3) is 0.200. The number of aryl methyl sites for hydroxylation is 3. The third kappa shape index (κ3) is 3.88. The van der Waals surface area contributed by atoms with Gasteiger partial charge in [0.15, 0.2) is 17.3 Å². The highest BCUT2D eigenvalue weighted by Crippen LogP contribution is 2.36. The van der Waals surface area contributed by atoms with Crippen molar-refractivity contribution in [2.45, 2.75) is 38.3 Å². The molecule has 0 radical (unpaired) electrons. The van der Waals surface area contributed by atoms with Crippen LogP contribution in [0.25, 0.3) is 34.1 Å². The molecule has 1 aliphatic carbocycles. The SMILES string of the molecule is Nc1ncccc1-c1nc2ccc(-n3cccn3)nc2n1-c1ccc2c(c1)CC[C@@H]2NC(=O)c1cc2n(n1)CCC2. The first-order valence-electron chi connectivity index (χ1n) is 13.7. The van der Waals surface area contributed by atoms with E-state index in [1.165, 1.54) is 5.56 Å². The van der Waals surface area contributed by atoms with Crippen molar-refractivity contribution in [1.82, 2.24) is 44.4 Å². The lowest BCUT2D eigenvalue weighted by Gasteiger charge is -2.15. The van der Waals surface area contributed by atoms with Crippen molar-refractivity contribution in [2.24, 2.45) is 0 Å². The third-order valence-corrected chi connectivity index (χ3v) is 7.97. The molecule has 1 amide bonds. The van der Waals surface area contributed by atoms with Gasteiger partial charge in [-0.25, -0.2) is 19.6 Å². The summed E-state index contributed by atoms with van der Waals surface area (Å²) in [5.74, 6) is 1.61. The van der Waals surface area contributed by atoms with Crippen LogP contribution >= 0.6 is 0 Å². The number of nitrogens with zero attached hydrogens (tertiary/aromatic N) is 8. The molecule has 0 fully saturated rings. The van der Waals surface area contributed by atoms with Crippen molar-refractivity contribution in [3.05, 3.63) is 95.7 Å². The number of hydrogen-bond acceptors (Lipinski definition) is 7. The van der Waals surface area contributed by atoms with Crippen molar-refractivity contribution in [1.29, 1.82) is 0 Å². The van der Waals surface area contributed by atoms with Gasteiger partial charge in [0.05, 0.1) is 11.6 Å². The summed E-state index contributed by atoms with van der Waals surface area (Å²) >= 11 is 0. The molecule has 6 heterocycles. The highest BCUT2D eigenvalue weighted by Gasteiger charge is 2.27. The van der Waals surface area contributed by atoms with Gasteiger partial charge in [0.25, 0.3) is 5.91 Å². The number of carbonyl (C=O) groups is 1. The summed E-state index contributed by atoms with van der Waals surface area (Å²) in [6.45, 7) is 0.881. The van der Waals surface area contributed by atoms with Crippen molar-refractivity contribution in [2.75, 3.05) is 5.73 Å². The summed E-state index contributed by atoms with van der Waals surface area (Å²) in [6, 6.07) is 17.6. The van der Waals surface area contributed by atoms with Crippen molar-refractivity contribution in [3.63, 3.8) is 0 Å². The highest BCUT2D eigenvalue weighted by atomic mass is 16.2. The number of amides is 1. The number of hydrogen-bond donors (Lipinski definition) is 2. The largest absolute Gasteiger partial charge is 0.383 e. The molecule has 0 unspecified atom stereocenters. The first-order valence-corrected chi connectivity index (χ1v) is 13.7. The van der Waals surface area contributed by atoms with Crippen LogP contribution in [-0.2, 0) is 19.4 Å². The maximum Gasteiger partial charge on any atom is 0.272 e. The molecule has 1 aliphatic heterocycles. The summed E-state index contributed by atoms with van der Waals surface area (Å²) in [6.07, 6.45) is 8.98. The van der Waals surface area contributed by atoms with E-state index in [-0.39, 0.29) is 11.9 Å². The lowest BCUT2D eigenvalue weighted by atomic mass is 10.1. The maximum atomic E-state index is 13.0. The van der Waals surface area contributed by atoms with Crippen LogP contribution in [0.5, 0.6) is 0 Å². The van der Waals surface area contributed by atoms with Gasteiger partial charge < -0.3 is 11.1 Å². The summed E-state index contributed by atoms with van der Waals surface area (Å²) in [5, 5.41) is 12.1. The Morgan fingerprint density at radius 1 is 1.02 bits per heavy atom. The summed E-state index contributed by atoms with van der Waals surface area (Å²) in [7, 11) is 0. The zero-order valence-corrected chi connectivity index (χ0v) is 22.1. The molecule has 202 valence electrons. The first-order chi connectivity index (χ1) is 20.1. The van der Waals surface area contributed by atoms with Gasteiger partial charge in [0, 0.05) is 36.5 Å². The number of pyridine rings is 2. The number of nitrogens with two attached hydrogens (primary N) is 1. The molecular formula is C30H26N10O. The standard InChI is InChI=1S/C30H26N10O/c31-27-22(5-1-12-32-27)28-34-24-10-11-26(39-15-3-13-33-39)36-29(24)40(28)20-7-8-21-18(16-20)6-9-23(21)35-30(41)25-17-19-4-2-14-38(19)37-25/h1,3,5,7-8,10-13,15-17,23H,2,4,6,9,14H2,(H2,31,32)(H,35,41)/t23-/m0/s1.